The highest BCUT2D eigenvalue weighted by molar-refractivity contribution is 9.10. The van der Waals surface area contributed by atoms with E-state index < -0.39 is 27.0 Å². The van der Waals surface area contributed by atoms with Crippen LogP contribution in [0.4, 0.5) is 0 Å². The van der Waals surface area contributed by atoms with Gasteiger partial charge >= 0.3 is 5.97 Å². The zero-order valence-electron chi connectivity index (χ0n) is 9.22. The smallest absolute Gasteiger partial charge is 0.311 e. The molecule has 0 spiro atoms. The van der Waals surface area contributed by atoms with Crippen LogP contribution in [0, 0.1) is 16.2 Å². The van der Waals surface area contributed by atoms with Crippen molar-refractivity contribution in [3.63, 3.8) is 0 Å². The lowest BCUT2D eigenvalue weighted by Gasteiger charge is -2.39. The Labute approximate surface area is 111 Å². The fraction of sp³-hybridized carbons (Fsp3) is 0.818. The lowest BCUT2D eigenvalue weighted by Crippen LogP contribution is -2.47. The normalized spacial score (nSPS) is 51.0. The Kier molecular flexibility index (Phi) is 2.60. The van der Waals surface area contributed by atoms with Crippen molar-refractivity contribution in [2.24, 2.45) is 16.2 Å². The van der Waals surface area contributed by atoms with Crippen LogP contribution < -0.4 is 0 Å². The van der Waals surface area contributed by atoms with Crippen LogP contribution in [0.15, 0.2) is 0 Å². The van der Waals surface area contributed by atoms with E-state index in [1.54, 1.807) is 0 Å². The number of hydrogen-bond acceptors (Lipinski definition) is 2. The molecule has 16 heavy (non-hydrogen) atoms. The molecule has 0 radical (unpaired) electrons. The Balaban J connectivity index is 2.69. The molecule has 0 aromatic rings. The highest BCUT2D eigenvalue weighted by atomic mass is 79.9. The summed E-state index contributed by atoms with van der Waals surface area (Å²) in [7, 11) is 0. The van der Waals surface area contributed by atoms with Gasteiger partial charge in [0, 0.05) is 16.2 Å². The Morgan fingerprint density at radius 2 is 2.06 bits per heavy atom. The number of ketones is 1. The van der Waals surface area contributed by atoms with E-state index >= 15 is 0 Å². The van der Waals surface area contributed by atoms with E-state index in [1.165, 1.54) is 0 Å². The van der Waals surface area contributed by atoms with Crippen LogP contribution >= 0.6 is 31.9 Å². The maximum Gasteiger partial charge on any atom is 0.311 e. The summed E-state index contributed by atoms with van der Waals surface area (Å²) in [6, 6.07) is 0. The number of halogens is 2. The molecule has 1 N–H and O–H groups in total. The highest BCUT2D eigenvalue weighted by Crippen LogP contribution is 2.72. The number of carbonyl (C=O) groups is 2. The largest absolute Gasteiger partial charge is 0.481 e. The van der Waals surface area contributed by atoms with Crippen molar-refractivity contribution in [2.45, 2.75) is 31.5 Å². The molecule has 5 heteroatoms. The van der Waals surface area contributed by atoms with E-state index in [4.69, 9.17) is 0 Å². The molecule has 3 nitrogen and oxygen atoms in total. The molecule has 0 aliphatic heterocycles. The third kappa shape index (κ3) is 0.964. The molecule has 0 aromatic heterocycles. The Bertz CT molecular complexity index is 383. The van der Waals surface area contributed by atoms with E-state index in [0.29, 0.717) is 18.2 Å². The van der Waals surface area contributed by atoms with Gasteiger partial charge in [0.15, 0.2) is 5.78 Å². The number of carboxylic acid groups (broad SMARTS) is 1. The van der Waals surface area contributed by atoms with Gasteiger partial charge in [0.25, 0.3) is 0 Å². The van der Waals surface area contributed by atoms with Crippen LogP contribution in [-0.4, -0.2) is 27.0 Å². The number of hydrogen-bond donors (Lipinski definition) is 1. The standard InChI is InChI=1S/C11H14Br2O3/c1-9-3-4-11(8(15)16,6(13)7(9)14)10(9,2)5-12/h6H,3-5H2,1-2H3,(H,15,16). The van der Waals surface area contributed by atoms with Crippen molar-refractivity contribution in [1.29, 1.82) is 0 Å². The first-order valence-corrected chi connectivity index (χ1v) is 7.29. The minimum atomic E-state index is -0.956. The van der Waals surface area contributed by atoms with Gasteiger partial charge < -0.3 is 5.11 Å². The van der Waals surface area contributed by atoms with Crippen molar-refractivity contribution in [3.8, 4) is 0 Å². The molecule has 2 aliphatic rings. The fourth-order valence-electron chi connectivity index (χ4n) is 3.51. The molecule has 2 rings (SSSR count). The first-order chi connectivity index (χ1) is 7.28. The monoisotopic (exact) mass is 352 g/mol. The lowest BCUT2D eigenvalue weighted by atomic mass is 9.65. The van der Waals surface area contributed by atoms with Gasteiger partial charge in [-0.2, -0.15) is 0 Å². The van der Waals surface area contributed by atoms with Crippen LogP contribution in [0.3, 0.4) is 0 Å². The van der Waals surface area contributed by atoms with Gasteiger partial charge in [-0.25, -0.2) is 0 Å². The van der Waals surface area contributed by atoms with Crippen LogP contribution in [0.25, 0.3) is 0 Å². The predicted octanol–water partition coefficient (Wildman–Crippen LogP) is 2.60. The van der Waals surface area contributed by atoms with Gasteiger partial charge in [-0.1, -0.05) is 45.7 Å². The van der Waals surface area contributed by atoms with E-state index in [1.807, 2.05) is 13.8 Å². The summed E-state index contributed by atoms with van der Waals surface area (Å²) >= 11 is 6.73. The second kappa shape index (κ2) is 3.31. The predicted molar refractivity (Wildman–Crippen MR) is 67.0 cm³/mol. The van der Waals surface area contributed by atoms with Gasteiger partial charge in [0.2, 0.25) is 0 Å². The molecule has 2 bridgehead atoms. The zero-order valence-corrected chi connectivity index (χ0v) is 12.4. The quantitative estimate of drug-likeness (QED) is 0.776. The summed E-state index contributed by atoms with van der Waals surface area (Å²) in [5.74, 6) is -0.811. The summed E-state index contributed by atoms with van der Waals surface area (Å²) in [6.45, 7) is 3.82. The zero-order chi connectivity index (χ0) is 12.4. The molecule has 0 aromatic carbocycles. The minimum Gasteiger partial charge on any atom is -0.481 e. The number of carboxylic acids is 1. The van der Waals surface area contributed by atoms with Crippen molar-refractivity contribution in [1.82, 2.24) is 0 Å². The number of aliphatic carboxylic acids is 1. The van der Waals surface area contributed by atoms with Crippen molar-refractivity contribution < 1.29 is 14.7 Å². The molecule has 0 heterocycles. The number of rotatable bonds is 2. The van der Waals surface area contributed by atoms with Crippen LogP contribution in [0.1, 0.15) is 26.7 Å². The Hall–Kier alpha value is 0.1000. The van der Waals surface area contributed by atoms with E-state index in [9.17, 15) is 14.7 Å². The molecule has 0 amide bonds. The average molecular weight is 354 g/mol. The van der Waals surface area contributed by atoms with E-state index in [2.05, 4.69) is 31.9 Å². The number of Topliss-reactive ketones (excluding diaryl/α,β-unsaturated/α-hetero) is 1. The van der Waals surface area contributed by atoms with Gasteiger partial charge in [-0.15, -0.1) is 0 Å². The van der Waals surface area contributed by atoms with Crippen LogP contribution in [0.5, 0.6) is 0 Å². The van der Waals surface area contributed by atoms with Crippen molar-refractivity contribution >= 4 is 43.6 Å². The van der Waals surface area contributed by atoms with E-state index in [-0.39, 0.29) is 5.78 Å². The lowest BCUT2D eigenvalue weighted by molar-refractivity contribution is -0.153. The van der Waals surface area contributed by atoms with Crippen molar-refractivity contribution in [3.05, 3.63) is 0 Å². The van der Waals surface area contributed by atoms with Crippen LogP contribution in [0.2, 0.25) is 0 Å². The second-order valence-corrected chi connectivity index (χ2v) is 6.78. The average Bonchev–Trinajstić information content (AvgIpc) is 2.54. The summed E-state index contributed by atoms with van der Waals surface area (Å²) in [6.07, 6.45) is 1.24. The molecular weight excluding hydrogens is 340 g/mol. The Morgan fingerprint density at radius 1 is 1.50 bits per heavy atom. The maximum atomic E-state index is 12.2. The molecule has 90 valence electrons. The van der Waals surface area contributed by atoms with Crippen LogP contribution in [-0.2, 0) is 9.59 Å². The third-order valence-electron chi connectivity index (χ3n) is 5.08. The summed E-state index contributed by atoms with van der Waals surface area (Å²) < 4.78 is 0. The number of fused-ring (bicyclic) bond motifs is 2. The maximum absolute atomic E-state index is 12.2. The van der Waals surface area contributed by atoms with Gasteiger partial charge in [0.1, 0.15) is 0 Å². The molecular formula is C11H14Br2O3. The molecule has 0 saturated heterocycles. The Morgan fingerprint density at radius 3 is 2.44 bits per heavy atom. The van der Waals surface area contributed by atoms with E-state index in [0.717, 1.165) is 0 Å². The summed E-state index contributed by atoms with van der Waals surface area (Å²) in [5, 5.41) is 10.1. The summed E-state index contributed by atoms with van der Waals surface area (Å²) in [4.78, 5) is 23.3. The second-order valence-electron chi connectivity index (χ2n) is 5.30. The minimum absolute atomic E-state index is 0.0445. The number of carbonyl (C=O) groups excluding carboxylic acids is 1. The fourth-order valence-corrected chi connectivity index (χ4v) is 6.07. The molecule has 2 aliphatic carbocycles. The third-order valence-corrected chi connectivity index (χ3v) is 7.40. The first-order valence-electron chi connectivity index (χ1n) is 5.26. The topological polar surface area (TPSA) is 54.4 Å². The van der Waals surface area contributed by atoms with Gasteiger partial charge in [0.05, 0.1) is 10.2 Å². The molecule has 4 unspecified atom stereocenters. The molecule has 2 saturated carbocycles. The molecule has 4 atom stereocenters. The molecule has 2 fully saturated rings. The van der Waals surface area contributed by atoms with Gasteiger partial charge in [-0.05, 0) is 12.8 Å². The van der Waals surface area contributed by atoms with Gasteiger partial charge in [-0.3, -0.25) is 9.59 Å². The van der Waals surface area contributed by atoms with Crippen molar-refractivity contribution in [2.75, 3.05) is 5.33 Å². The highest BCUT2D eigenvalue weighted by Gasteiger charge is 2.78. The first kappa shape index (κ1) is 12.6. The SMILES string of the molecule is CC12CCC(C(=O)O)(C(Br)C1=O)C2(C)CBr. The summed E-state index contributed by atoms with van der Waals surface area (Å²) in [5.41, 5.74) is -2.00. The number of alkyl halides is 2.